The van der Waals surface area contributed by atoms with E-state index in [9.17, 15) is 9.18 Å². The summed E-state index contributed by atoms with van der Waals surface area (Å²) < 4.78 is 13.1. The summed E-state index contributed by atoms with van der Waals surface area (Å²) in [6.07, 6.45) is 0. The first-order valence-electron chi connectivity index (χ1n) is 3.66. The van der Waals surface area contributed by atoms with Gasteiger partial charge in [-0.3, -0.25) is 0 Å². The van der Waals surface area contributed by atoms with Gasteiger partial charge in [-0.2, -0.15) is 0 Å². The molecule has 0 amide bonds. The minimum atomic E-state index is -1.36. The number of imidazole rings is 1. The zero-order chi connectivity index (χ0) is 10.3. The molecule has 1 aromatic heterocycles. The molecule has 0 unspecified atom stereocenters. The maximum Gasteiger partial charge on any atom is 0.340 e. The Morgan fingerprint density at radius 1 is 1.57 bits per heavy atom. The summed E-state index contributed by atoms with van der Waals surface area (Å²) in [5, 5.41) is 8.77. The Kier molecular flexibility index (Phi) is 1.89. The van der Waals surface area contributed by atoms with Crippen LogP contribution in [0.5, 0.6) is 0 Å². The molecule has 14 heavy (non-hydrogen) atoms. The van der Waals surface area contributed by atoms with E-state index in [1.807, 2.05) is 0 Å². The average molecular weight is 215 g/mol. The Hall–Kier alpha value is -1.62. The van der Waals surface area contributed by atoms with Crippen LogP contribution < -0.4 is 0 Å². The first-order valence-corrected chi connectivity index (χ1v) is 4.04. The van der Waals surface area contributed by atoms with Gasteiger partial charge < -0.3 is 10.1 Å². The number of H-pyrrole nitrogens is 1. The number of fused-ring (bicyclic) bond motifs is 1. The van der Waals surface area contributed by atoms with Crippen molar-refractivity contribution in [2.24, 2.45) is 0 Å². The van der Waals surface area contributed by atoms with Gasteiger partial charge in [0.25, 0.3) is 0 Å². The highest BCUT2D eigenvalue weighted by molar-refractivity contribution is 6.29. The third-order valence-electron chi connectivity index (χ3n) is 1.79. The van der Waals surface area contributed by atoms with Crippen LogP contribution >= 0.6 is 11.6 Å². The Morgan fingerprint density at radius 3 is 2.93 bits per heavy atom. The minimum Gasteiger partial charge on any atom is -0.478 e. The van der Waals surface area contributed by atoms with E-state index in [-0.39, 0.29) is 10.8 Å². The number of aromatic amines is 1. The van der Waals surface area contributed by atoms with Gasteiger partial charge in [0.05, 0.1) is 5.52 Å². The van der Waals surface area contributed by atoms with Gasteiger partial charge in [-0.05, 0) is 23.7 Å². The molecule has 0 radical (unpaired) electrons. The molecule has 4 nitrogen and oxygen atoms in total. The lowest BCUT2D eigenvalue weighted by Crippen LogP contribution is -2.01. The van der Waals surface area contributed by atoms with Crippen LogP contribution in [-0.4, -0.2) is 21.0 Å². The third-order valence-corrected chi connectivity index (χ3v) is 1.97. The lowest BCUT2D eigenvalue weighted by Gasteiger charge is -1.96. The molecular weight excluding hydrogens is 211 g/mol. The van der Waals surface area contributed by atoms with Crippen LogP contribution in [0.2, 0.25) is 5.28 Å². The molecule has 0 aliphatic carbocycles. The summed E-state index contributed by atoms with van der Waals surface area (Å²) in [5.41, 5.74) is -0.0399. The predicted octanol–water partition coefficient (Wildman–Crippen LogP) is 2.05. The Balaban J connectivity index is 2.88. The van der Waals surface area contributed by atoms with Crippen LogP contribution in [0.25, 0.3) is 11.0 Å². The summed E-state index contributed by atoms with van der Waals surface area (Å²) in [6, 6.07) is 2.44. The highest BCUT2D eigenvalue weighted by Gasteiger charge is 2.17. The van der Waals surface area contributed by atoms with Crippen LogP contribution in [0.1, 0.15) is 10.4 Å². The number of hydrogen-bond acceptors (Lipinski definition) is 2. The molecule has 0 atom stereocenters. The predicted molar refractivity (Wildman–Crippen MR) is 48.0 cm³/mol. The molecule has 0 bridgehead atoms. The number of halogens is 2. The van der Waals surface area contributed by atoms with E-state index in [1.54, 1.807) is 0 Å². The van der Waals surface area contributed by atoms with Crippen LogP contribution in [0.4, 0.5) is 4.39 Å². The minimum absolute atomic E-state index is 0.0301. The van der Waals surface area contributed by atoms with Gasteiger partial charge >= 0.3 is 5.97 Å². The third kappa shape index (κ3) is 1.22. The van der Waals surface area contributed by atoms with Gasteiger partial charge in [0.15, 0.2) is 0 Å². The zero-order valence-electron chi connectivity index (χ0n) is 6.71. The van der Waals surface area contributed by atoms with Gasteiger partial charge in [-0.25, -0.2) is 14.2 Å². The number of carboxylic acids is 1. The molecule has 0 saturated carbocycles. The van der Waals surface area contributed by atoms with Crippen molar-refractivity contribution in [1.29, 1.82) is 0 Å². The van der Waals surface area contributed by atoms with Crippen LogP contribution in [0.15, 0.2) is 12.1 Å². The van der Waals surface area contributed by atoms with Gasteiger partial charge in [0, 0.05) is 0 Å². The number of rotatable bonds is 1. The number of hydrogen-bond donors (Lipinski definition) is 2. The molecule has 2 rings (SSSR count). The van der Waals surface area contributed by atoms with Crippen molar-refractivity contribution in [2.45, 2.75) is 0 Å². The van der Waals surface area contributed by atoms with E-state index in [0.717, 1.165) is 6.07 Å². The average Bonchev–Trinajstić information content (AvgIpc) is 2.43. The molecule has 0 aliphatic rings. The quantitative estimate of drug-likeness (QED) is 0.764. The smallest absolute Gasteiger partial charge is 0.340 e. The van der Waals surface area contributed by atoms with Crippen molar-refractivity contribution in [2.75, 3.05) is 0 Å². The molecule has 6 heteroatoms. The Bertz CT molecular complexity index is 523. The van der Waals surface area contributed by atoms with Crippen molar-refractivity contribution in [3.63, 3.8) is 0 Å². The molecule has 0 aliphatic heterocycles. The van der Waals surface area contributed by atoms with Crippen molar-refractivity contribution < 1.29 is 14.3 Å². The molecule has 2 N–H and O–H groups in total. The fraction of sp³-hybridized carbons (Fsp3) is 0. The van der Waals surface area contributed by atoms with Crippen molar-refractivity contribution in [1.82, 2.24) is 9.97 Å². The second-order valence-electron chi connectivity index (χ2n) is 2.65. The number of carboxylic acid groups (broad SMARTS) is 1. The first-order chi connectivity index (χ1) is 6.59. The second-order valence-corrected chi connectivity index (χ2v) is 3.01. The van der Waals surface area contributed by atoms with Crippen LogP contribution in [0.3, 0.4) is 0 Å². The summed E-state index contributed by atoms with van der Waals surface area (Å²) >= 11 is 5.53. The maximum absolute atomic E-state index is 13.1. The number of carbonyl (C=O) groups is 1. The molecular formula is C8H4ClFN2O2. The van der Waals surface area contributed by atoms with Crippen molar-refractivity contribution in [3.8, 4) is 0 Å². The Labute approximate surface area is 82.3 Å². The van der Waals surface area contributed by atoms with Gasteiger partial charge in [0.1, 0.15) is 16.9 Å². The van der Waals surface area contributed by atoms with Crippen molar-refractivity contribution in [3.05, 3.63) is 28.8 Å². The summed E-state index contributed by atoms with van der Waals surface area (Å²) in [4.78, 5) is 17.0. The van der Waals surface area contributed by atoms with Crippen molar-refractivity contribution >= 4 is 28.6 Å². The standard InChI is InChI=1S/C8H4ClFN2O2/c9-8-11-4-2-1-3(10)5(7(13)14)6(4)12-8/h1-2H,(H,11,12)(H,13,14). The fourth-order valence-electron chi connectivity index (χ4n) is 1.22. The largest absolute Gasteiger partial charge is 0.478 e. The number of benzene rings is 1. The molecule has 0 saturated heterocycles. The summed E-state index contributed by atoms with van der Waals surface area (Å²) in [5.74, 6) is -2.19. The molecule has 2 aromatic rings. The van der Waals surface area contributed by atoms with Gasteiger partial charge in [-0.1, -0.05) is 0 Å². The Morgan fingerprint density at radius 2 is 2.29 bits per heavy atom. The van der Waals surface area contributed by atoms with Gasteiger partial charge in [0.2, 0.25) is 5.28 Å². The van der Waals surface area contributed by atoms with Crippen LogP contribution in [-0.2, 0) is 0 Å². The van der Waals surface area contributed by atoms with E-state index in [2.05, 4.69) is 9.97 Å². The first kappa shape index (κ1) is 8.96. The van der Waals surface area contributed by atoms with E-state index in [1.165, 1.54) is 6.07 Å². The summed E-state index contributed by atoms with van der Waals surface area (Å²) in [6.45, 7) is 0. The fourth-order valence-corrected chi connectivity index (χ4v) is 1.41. The molecule has 1 heterocycles. The zero-order valence-corrected chi connectivity index (χ0v) is 7.47. The number of aromatic carboxylic acids is 1. The number of nitrogens with one attached hydrogen (secondary N) is 1. The topological polar surface area (TPSA) is 66.0 Å². The lowest BCUT2D eigenvalue weighted by molar-refractivity contribution is 0.0694. The molecule has 0 fully saturated rings. The normalized spacial score (nSPS) is 10.7. The number of nitrogens with zero attached hydrogens (tertiary/aromatic N) is 1. The lowest BCUT2D eigenvalue weighted by atomic mass is 10.2. The molecule has 72 valence electrons. The monoisotopic (exact) mass is 214 g/mol. The molecule has 1 aromatic carbocycles. The van der Waals surface area contributed by atoms with E-state index in [4.69, 9.17) is 16.7 Å². The summed E-state index contributed by atoms with van der Waals surface area (Å²) in [7, 11) is 0. The second kappa shape index (κ2) is 2.95. The maximum atomic E-state index is 13.1. The number of aromatic nitrogens is 2. The van der Waals surface area contributed by atoms with Crippen LogP contribution in [0, 0.1) is 5.82 Å². The van der Waals surface area contributed by atoms with E-state index < -0.39 is 17.3 Å². The molecule has 0 spiro atoms. The van der Waals surface area contributed by atoms with E-state index in [0.29, 0.717) is 5.52 Å². The highest BCUT2D eigenvalue weighted by Crippen LogP contribution is 2.21. The SMILES string of the molecule is O=C(O)c1c(F)ccc2[nH]c(Cl)nc12. The van der Waals surface area contributed by atoms with E-state index >= 15 is 0 Å². The van der Waals surface area contributed by atoms with Gasteiger partial charge in [-0.15, -0.1) is 0 Å². The highest BCUT2D eigenvalue weighted by atomic mass is 35.5.